The summed E-state index contributed by atoms with van der Waals surface area (Å²) in [4.78, 5) is 0. The number of nitrogens with zero attached hydrogens (tertiary/aromatic N) is 1. The molecule has 0 aromatic heterocycles. The van der Waals surface area contributed by atoms with Crippen molar-refractivity contribution in [1.29, 1.82) is 0 Å². The van der Waals surface area contributed by atoms with Gasteiger partial charge >= 0.3 is 0 Å². The lowest BCUT2D eigenvalue weighted by Gasteiger charge is -2.06. The fourth-order valence-corrected chi connectivity index (χ4v) is 2.09. The van der Waals surface area contributed by atoms with Crippen LogP contribution in [0.4, 0.5) is 10.1 Å². The summed E-state index contributed by atoms with van der Waals surface area (Å²) < 4.78 is 12.8. The van der Waals surface area contributed by atoms with Gasteiger partial charge in [0.15, 0.2) is 5.11 Å². The Balaban J connectivity index is 1.91. The molecule has 0 heterocycles. The first-order chi connectivity index (χ1) is 10.0. The van der Waals surface area contributed by atoms with E-state index in [2.05, 4.69) is 15.8 Å². The lowest BCUT2D eigenvalue weighted by molar-refractivity contribution is 0.628. The van der Waals surface area contributed by atoms with Crippen molar-refractivity contribution in [2.24, 2.45) is 5.10 Å². The summed E-state index contributed by atoms with van der Waals surface area (Å²) in [7, 11) is 0. The maximum atomic E-state index is 12.8. The van der Waals surface area contributed by atoms with Crippen LogP contribution in [0.5, 0.6) is 0 Å². The molecule has 3 nitrogen and oxygen atoms in total. The molecule has 108 valence electrons. The molecule has 0 saturated heterocycles. The molecule has 0 aliphatic heterocycles. The number of thiocarbonyl (C=S) groups is 1. The van der Waals surface area contributed by atoms with Crippen LogP contribution in [0.25, 0.3) is 0 Å². The van der Waals surface area contributed by atoms with Crippen LogP contribution in [0.1, 0.15) is 5.56 Å². The second-order valence-corrected chi connectivity index (χ2v) is 5.25. The third-order valence-electron chi connectivity index (χ3n) is 2.43. The molecule has 0 unspecified atom stereocenters. The number of benzene rings is 2. The van der Waals surface area contributed by atoms with Gasteiger partial charge in [-0.3, -0.25) is 5.43 Å². The average molecular weight is 342 g/mol. The fraction of sp³-hybridized carbons (Fsp3) is 0. The van der Waals surface area contributed by atoms with E-state index in [1.165, 1.54) is 18.3 Å². The quantitative estimate of drug-likeness (QED) is 0.491. The number of hydrogen-bond acceptors (Lipinski definition) is 2. The minimum absolute atomic E-state index is 0.281. The van der Waals surface area contributed by atoms with E-state index in [1.807, 2.05) is 0 Å². The van der Waals surface area contributed by atoms with Crippen molar-refractivity contribution in [2.45, 2.75) is 0 Å². The smallest absolute Gasteiger partial charge is 0.191 e. The Morgan fingerprint density at radius 1 is 1.14 bits per heavy atom. The molecule has 0 radical (unpaired) electrons. The van der Waals surface area contributed by atoms with Gasteiger partial charge in [0.2, 0.25) is 0 Å². The molecule has 2 rings (SSSR count). The zero-order chi connectivity index (χ0) is 15.2. The van der Waals surface area contributed by atoms with Crippen LogP contribution >= 0.6 is 35.4 Å². The first-order valence-electron chi connectivity index (χ1n) is 5.85. The molecule has 21 heavy (non-hydrogen) atoms. The number of halogens is 3. The monoisotopic (exact) mass is 341 g/mol. The second kappa shape index (κ2) is 7.36. The van der Waals surface area contributed by atoms with Crippen LogP contribution in [0.15, 0.2) is 47.6 Å². The molecule has 0 fully saturated rings. The highest BCUT2D eigenvalue weighted by atomic mass is 35.5. The standard InChI is InChI=1S/C14H10Cl2FN3S/c15-10-2-1-9(13(16)7-10)8-18-20-14(21)19-12-5-3-11(17)4-6-12/h1-8H,(H2,19,20,21)/b18-8+. The van der Waals surface area contributed by atoms with E-state index in [4.69, 9.17) is 35.4 Å². The molecule has 2 aromatic rings. The average Bonchev–Trinajstić information content (AvgIpc) is 2.44. The molecule has 2 N–H and O–H groups in total. The normalized spacial score (nSPS) is 10.6. The molecule has 0 amide bonds. The summed E-state index contributed by atoms with van der Waals surface area (Å²) in [6.45, 7) is 0. The van der Waals surface area contributed by atoms with Crippen LogP contribution in [0, 0.1) is 5.82 Å². The van der Waals surface area contributed by atoms with Gasteiger partial charge in [-0.05, 0) is 48.6 Å². The summed E-state index contributed by atoms with van der Waals surface area (Å²) >= 11 is 16.9. The van der Waals surface area contributed by atoms with Crippen molar-refractivity contribution in [3.8, 4) is 0 Å². The van der Waals surface area contributed by atoms with E-state index in [9.17, 15) is 4.39 Å². The van der Waals surface area contributed by atoms with Gasteiger partial charge in [-0.2, -0.15) is 5.10 Å². The zero-order valence-electron chi connectivity index (χ0n) is 10.6. The Hall–Kier alpha value is -1.69. The van der Waals surface area contributed by atoms with Gasteiger partial charge in [0.25, 0.3) is 0 Å². The molecule has 2 aromatic carbocycles. The lowest BCUT2D eigenvalue weighted by Crippen LogP contribution is -2.23. The molecule has 0 bridgehead atoms. The maximum Gasteiger partial charge on any atom is 0.191 e. The van der Waals surface area contributed by atoms with E-state index < -0.39 is 0 Å². The molecule has 0 aliphatic rings. The lowest BCUT2D eigenvalue weighted by atomic mass is 10.2. The SMILES string of the molecule is Fc1ccc(NC(=S)N/N=C/c2ccc(Cl)cc2Cl)cc1. The minimum atomic E-state index is -0.310. The van der Waals surface area contributed by atoms with E-state index in [-0.39, 0.29) is 10.9 Å². The highest BCUT2D eigenvalue weighted by Crippen LogP contribution is 2.19. The Labute approximate surface area is 136 Å². The van der Waals surface area contributed by atoms with Gasteiger partial charge < -0.3 is 5.32 Å². The van der Waals surface area contributed by atoms with Gasteiger partial charge in [-0.1, -0.05) is 29.3 Å². The summed E-state index contributed by atoms with van der Waals surface area (Å²) in [5.41, 5.74) is 4.01. The van der Waals surface area contributed by atoms with Gasteiger partial charge in [-0.25, -0.2) is 4.39 Å². The molecular weight excluding hydrogens is 332 g/mol. The highest BCUT2D eigenvalue weighted by Gasteiger charge is 1.99. The summed E-state index contributed by atoms with van der Waals surface area (Å²) in [6, 6.07) is 10.9. The Morgan fingerprint density at radius 2 is 1.86 bits per heavy atom. The van der Waals surface area contributed by atoms with Crippen molar-refractivity contribution < 1.29 is 4.39 Å². The zero-order valence-corrected chi connectivity index (χ0v) is 12.9. The van der Waals surface area contributed by atoms with Crippen LogP contribution in [0.2, 0.25) is 10.0 Å². The van der Waals surface area contributed by atoms with E-state index in [1.54, 1.807) is 30.3 Å². The molecule has 0 atom stereocenters. The van der Waals surface area contributed by atoms with Crippen molar-refractivity contribution in [1.82, 2.24) is 5.43 Å². The molecule has 0 saturated carbocycles. The first-order valence-corrected chi connectivity index (χ1v) is 7.02. The third-order valence-corrected chi connectivity index (χ3v) is 3.19. The van der Waals surface area contributed by atoms with Gasteiger partial charge in [0.05, 0.1) is 11.2 Å². The molecule has 0 aliphatic carbocycles. The van der Waals surface area contributed by atoms with Gasteiger partial charge in [0, 0.05) is 16.3 Å². The van der Waals surface area contributed by atoms with Crippen LogP contribution in [-0.2, 0) is 0 Å². The minimum Gasteiger partial charge on any atom is -0.331 e. The van der Waals surface area contributed by atoms with E-state index in [0.717, 1.165) is 0 Å². The Kier molecular flexibility index (Phi) is 5.50. The predicted octanol–water partition coefficient (Wildman–Crippen LogP) is 4.45. The summed E-state index contributed by atoms with van der Waals surface area (Å²) in [5, 5.41) is 8.16. The Bertz CT molecular complexity index is 674. The maximum absolute atomic E-state index is 12.8. The topological polar surface area (TPSA) is 36.4 Å². The van der Waals surface area contributed by atoms with E-state index >= 15 is 0 Å². The van der Waals surface area contributed by atoms with Crippen molar-refractivity contribution in [3.63, 3.8) is 0 Å². The summed E-state index contributed by atoms with van der Waals surface area (Å²) in [6.07, 6.45) is 1.53. The number of nitrogens with one attached hydrogen (secondary N) is 2. The van der Waals surface area contributed by atoms with Crippen LogP contribution in [-0.4, -0.2) is 11.3 Å². The number of hydrogen-bond donors (Lipinski definition) is 2. The largest absolute Gasteiger partial charge is 0.331 e. The van der Waals surface area contributed by atoms with Crippen molar-refractivity contribution >= 4 is 52.4 Å². The van der Waals surface area contributed by atoms with E-state index in [0.29, 0.717) is 21.3 Å². The second-order valence-electron chi connectivity index (χ2n) is 4.00. The van der Waals surface area contributed by atoms with Crippen LogP contribution in [0.3, 0.4) is 0 Å². The molecular formula is C14H10Cl2FN3S. The number of hydrazone groups is 1. The van der Waals surface area contributed by atoms with Crippen molar-refractivity contribution in [3.05, 3.63) is 63.9 Å². The fourth-order valence-electron chi connectivity index (χ4n) is 1.46. The van der Waals surface area contributed by atoms with Gasteiger partial charge in [0.1, 0.15) is 5.82 Å². The number of rotatable bonds is 3. The first kappa shape index (κ1) is 15.7. The molecule has 0 spiro atoms. The Morgan fingerprint density at radius 3 is 2.52 bits per heavy atom. The number of anilines is 1. The highest BCUT2D eigenvalue weighted by molar-refractivity contribution is 7.80. The van der Waals surface area contributed by atoms with Crippen molar-refractivity contribution in [2.75, 3.05) is 5.32 Å². The summed E-state index contributed by atoms with van der Waals surface area (Å²) in [5.74, 6) is -0.310. The van der Waals surface area contributed by atoms with Gasteiger partial charge in [-0.15, -0.1) is 0 Å². The van der Waals surface area contributed by atoms with Crippen LogP contribution < -0.4 is 10.7 Å². The molecule has 7 heteroatoms. The third kappa shape index (κ3) is 4.97. The predicted molar refractivity (Wildman–Crippen MR) is 89.8 cm³/mol.